The van der Waals surface area contributed by atoms with Crippen molar-refractivity contribution in [1.29, 1.82) is 0 Å². The van der Waals surface area contributed by atoms with E-state index in [0.717, 1.165) is 5.56 Å². The Morgan fingerprint density at radius 2 is 2.10 bits per heavy atom. The second kappa shape index (κ2) is 5.48. The van der Waals surface area contributed by atoms with Crippen molar-refractivity contribution in [2.45, 2.75) is 18.4 Å². The maximum atomic E-state index is 12.1. The summed E-state index contributed by atoms with van der Waals surface area (Å²) >= 11 is 0. The Hall–Kier alpha value is -2.12. The zero-order valence-electron chi connectivity index (χ0n) is 10.9. The number of aromatic amines is 1. The van der Waals surface area contributed by atoms with E-state index in [4.69, 9.17) is 5.73 Å². The standard InChI is InChI=1S/C13H15N3O3S/c1-9-2-3-11(6-12(9)13(14)17)20(18,19)16-8-10-4-5-15-7-10/h2-7,15-16H,8H2,1H3,(H2,14,17). The molecule has 2 aromatic rings. The lowest BCUT2D eigenvalue weighted by Crippen LogP contribution is -2.24. The van der Waals surface area contributed by atoms with E-state index in [9.17, 15) is 13.2 Å². The molecule has 20 heavy (non-hydrogen) atoms. The highest BCUT2D eigenvalue weighted by Gasteiger charge is 2.16. The number of amides is 1. The van der Waals surface area contributed by atoms with Gasteiger partial charge in [-0.3, -0.25) is 4.79 Å². The van der Waals surface area contributed by atoms with Crippen LogP contribution in [-0.4, -0.2) is 19.3 Å². The largest absolute Gasteiger partial charge is 0.367 e. The molecule has 0 bridgehead atoms. The van der Waals surface area contributed by atoms with Crippen molar-refractivity contribution in [3.8, 4) is 0 Å². The Balaban J connectivity index is 2.25. The van der Waals surface area contributed by atoms with Crippen molar-refractivity contribution < 1.29 is 13.2 Å². The van der Waals surface area contributed by atoms with E-state index in [1.807, 2.05) is 0 Å². The monoisotopic (exact) mass is 293 g/mol. The molecule has 1 aromatic heterocycles. The van der Waals surface area contributed by atoms with Crippen LogP contribution in [0.2, 0.25) is 0 Å². The van der Waals surface area contributed by atoms with Crippen molar-refractivity contribution in [2.24, 2.45) is 5.73 Å². The van der Waals surface area contributed by atoms with Crippen molar-refractivity contribution in [2.75, 3.05) is 0 Å². The Labute approximate surface area is 117 Å². The number of nitrogens with two attached hydrogens (primary N) is 1. The Morgan fingerprint density at radius 1 is 1.35 bits per heavy atom. The lowest BCUT2D eigenvalue weighted by Gasteiger charge is -2.08. The summed E-state index contributed by atoms with van der Waals surface area (Å²) in [6, 6.07) is 6.07. The second-order valence-corrected chi connectivity index (χ2v) is 6.15. The van der Waals surface area contributed by atoms with Gasteiger partial charge in [0.1, 0.15) is 0 Å². The van der Waals surface area contributed by atoms with Crippen LogP contribution in [0.5, 0.6) is 0 Å². The summed E-state index contributed by atoms with van der Waals surface area (Å²) in [4.78, 5) is 14.1. The van der Waals surface area contributed by atoms with E-state index in [1.165, 1.54) is 12.1 Å². The molecule has 1 amide bonds. The summed E-state index contributed by atoms with van der Waals surface area (Å²) in [6.07, 6.45) is 3.41. The van der Waals surface area contributed by atoms with Crippen molar-refractivity contribution in [3.05, 3.63) is 53.3 Å². The summed E-state index contributed by atoms with van der Waals surface area (Å²) in [5.41, 5.74) is 6.88. The molecular weight excluding hydrogens is 278 g/mol. The van der Waals surface area contributed by atoms with Gasteiger partial charge in [0.25, 0.3) is 0 Å². The number of sulfonamides is 1. The average Bonchev–Trinajstić information content (AvgIpc) is 2.89. The molecule has 0 atom stereocenters. The number of rotatable bonds is 5. The van der Waals surface area contributed by atoms with E-state index >= 15 is 0 Å². The third-order valence-corrected chi connectivity index (χ3v) is 4.31. The molecule has 1 aromatic carbocycles. The first-order chi connectivity index (χ1) is 9.40. The van der Waals surface area contributed by atoms with Gasteiger partial charge in [0.05, 0.1) is 4.90 Å². The van der Waals surface area contributed by atoms with Crippen LogP contribution in [0.4, 0.5) is 0 Å². The van der Waals surface area contributed by atoms with Crippen LogP contribution in [0, 0.1) is 6.92 Å². The maximum absolute atomic E-state index is 12.1. The molecule has 7 heteroatoms. The van der Waals surface area contributed by atoms with E-state index in [2.05, 4.69) is 9.71 Å². The van der Waals surface area contributed by atoms with Gasteiger partial charge in [-0.1, -0.05) is 6.07 Å². The predicted octanol–water partition coefficient (Wildman–Crippen LogP) is 0.901. The number of aromatic nitrogens is 1. The van der Waals surface area contributed by atoms with Crippen molar-refractivity contribution in [1.82, 2.24) is 9.71 Å². The molecule has 0 aliphatic heterocycles. The fourth-order valence-electron chi connectivity index (χ4n) is 1.76. The quantitative estimate of drug-likeness (QED) is 0.762. The van der Waals surface area contributed by atoms with Crippen LogP contribution in [0.15, 0.2) is 41.6 Å². The highest BCUT2D eigenvalue weighted by atomic mass is 32.2. The summed E-state index contributed by atoms with van der Waals surface area (Å²) in [5, 5.41) is 0. The van der Waals surface area contributed by atoms with Gasteiger partial charge in [0.15, 0.2) is 0 Å². The number of primary amides is 1. The first kappa shape index (κ1) is 14.3. The minimum atomic E-state index is -3.68. The molecule has 4 N–H and O–H groups in total. The van der Waals surface area contributed by atoms with Crippen LogP contribution < -0.4 is 10.5 Å². The van der Waals surface area contributed by atoms with Crippen LogP contribution in [0.1, 0.15) is 21.5 Å². The number of nitrogens with one attached hydrogen (secondary N) is 2. The fourth-order valence-corrected chi connectivity index (χ4v) is 2.81. The number of carbonyl (C=O) groups is 1. The number of carbonyl (C=O) groups excluding carboxylic acids is 1. The second-order valence-electron chi connectivity index (χ2n) is 4.38. The Morgan fingerprint density at radius 3 is 2.70 bits per heavy atom. The van der Waals surface area contributed by atoms with Gasteiger partial charge >= 0.3 is 0 Å². The number of benzene rings is 1. The molecule has 6 nitrogen and oxygen atoms in total. The highest BCUT2D eigenvalue weighted by molar-refractivity contribution is 7.89. The van der Waals surface area contributed by atoms with Crippen LogP contribution >= 0.6 is 0 Å². The molecule has 2 rings (SSSR count). The van der Waals surface area contributed by atoms with Gasteiger partial charge in [-0.15, -0.1) is 0 Å². The molecule has 0 unspecified atom stereocenters. The zero-order valence-corrected chi connectivity index (χ0v) is 11.7. The van der Waals surface area contributed by atoms with Crippen molar-refractivity contribution >= 4 is 15.9 Å². The minimum Gasteiger partial charge on any atom is -0.367 e. The highest BCUT2D eigenvalue weighted by Crippen LogP contribution is 2.15. The Kier molecular flexibility index (Phi) is 3.91. The first-order valence-corrected chi connectivity index (χ1v) is 7.40. The van der Waals surface area contributed by atoms with Gasteiger partial charge in [-0.25, -0.2) is 13.1 Å². The van der Waals surface area contributed by atoms with Crippen LogP contribution in [0.25, 0.3) is 0 Å². The summed E-state index contributed by atoms with van der Waals surface area (Å²) in [7, 11) is -3.68. The van der Waals surface area contributed by atoms with Crippen molar-refractivity contribution in [3.63, 3.8) is 0 Å². The van der Waals surface area contributed by atoms with E-state index < -0.39 is 15.9 Å². The molecule has 0 fully saturated rings. The maximum Gasteiger partial charge on any atom is 0.249 e. The third kappa shape index (κ3) is 3.06. The van der Waals surface area contributed by atoms with Gasteiger partial charge in [-0.05, 0) is 36.2 Å². The van der Waals surface area contributed by atoms with E-state index in [0.29, 0.717) is 5.56 Å². The van der Waals surface area contributed by atoms with Gasteiger partial charge < -0.3 is 10.7 Å². The number of H-pyrrole nitrogens is 1. The summed E-state index contributed by atoms with van der Waals surface area (Å²) in [5.74, 6) is -0.648. The zero-order chi connectivity index (χ0) is 14.8. The normalized spacial score (nSPS) is 11.4. The minimum absolute atomic E-state index is 0.0208. The average molecular weight is 293 g/mol. The number of aryl methyl sites for hydroxylation is 1. The predicted molar refractivity (Wildman–Crippen MR) is 74.5 cm³/mol. The lowest BCUT2D eigenvalue weighted by molar-refractivity contribution is 0.0999. The third-order valence-electron chi connectivity index (χ3n) is 2.91. The molecule has 0 aliphatic carbocycles. The summed E-state index contributed by atoms with van der Waals surface area (Å²) in [6.45, 7) is 1.87. The van der Waals surface area contributed by atoms with E-state index in [-0.39, 0.29) is 17.0 Å². The molecule has 0 radical (unpaired) electrons. The molecule has 0 saturated carbocycles. The van der Waals surface area contributed by atoms with Crippen LogP contribution in [0.3, 0.4) is 0 Å². The molecule has 0 saturated heterocycles. The van der Waals surface area contributed by atoms with Gasteiger partial charge in [0.2, 0.25) is 15.9 Å². The molecule has 0 aliphatic rings. The number of hydrogen-bond acceptors (Lipinski definition) is 3. The van der Waals surface area contributed by atoms with Crippen LogP contribution in [-0.2, 0) is 16.6 Å². The molecular formula is C13H15N3O3S. The molecule has 0 spiro atoms. The first-order valence-electron chi connectivity index (χ1n) is 5.92. The smallest absolute Gasteiger partial charge is 0.249 e. The number of hydrogen-bond donors (Lipinski definition) is 3. The molecule has 1 heterocycles. The Bertz CT molecular complexity index is 721. The lowest BCUT2D eigenvalue weighted by atomic mass is 10.1. The summed E-state index contributed by atoms with van der Waals surface area (Å²) < 4.78 is 26.7. The molecule has 106 valence electrons. The van der Waals surface area contributed by atoms with Gasteiger partial charge in [-0.2, -0.15) is 0 Å². The van der Waals surface area contributed by atoms with Gasteiger partial charge in [0, 0.05) is 24.5 Å². The SMILES string of the molecule is Cc1ccc(S(=O)(=O)NCc2cc[nH]c2)cc1C(N)=O. The topological polar surface area (TPSA) is 105 Å². The van der Waals surface area contributed by atoms with E-state index in [1.54, 1.807) is 31.5 Å². The fraction of sp³-hybridized carbons (Fsp3) is 0.154.